The first-order valence-corrected chi connectivity index (χ1v) is 7.92. The Balaban J connectivity index is 1.70. The zero-order valence-corrected chi connectivity index (χ0v) is 13.7. The summed E-state index contributed by atoms with van der Waals surface area (Å²) in [6.07, 6.45) is 6.75. The number of benzene rings is 1. The van der Waals surface area contributed by atoms with Crippen molar-refractivity contribution in [1.29, 1.82) is 0 Å². The fraction of sp³-hybridized carbons (Fsp3) is 0.250. The smallest absolute Gasteiger partial charge is 0.153 e. The van der Waals surface area contributed by atoms with Gasteiger partial charge in [-0.2, -0.15) is 5.10 Å². The van der Waals surface area contributed by atoms with Crippen LogP contribution in [-0.2, 0) is 6.42 Å². The van der Waals surface area contributed by atoms with Crippen molar-refractivity contribution in [2.45, 2.75) is 25.8 Å². The minimum absolute atomic E-state index is 0.145. The van der Waals surface area contributed by atoms with Gasteiger partial charge in [0.2, 0.25) is 0 Å². The minimum atomic E-state index is -0.145. The average molecular weight is 363 g/mol. The Morgan fingerprint density at radius 3 is 3.00 bits per heavy atom. The van der Waals surface area contributed by atoms with Gasteiger partial charge in [-0.1, -0.05) is 18.2 Å². The molecule has 0 bridgehead atoms. The summed E-state index contributed by atoms with van der Waals surface area (Å²) >= 11 is 3.48. The van der Waals surface area contributed by atoms with Gasteiger partial charge in [-0.25, -0.2) is 13.9 Å². The molecular weight excluding hydrogens is 347 g/mol. The number of halogens is 2. The van der Waals surface area contributed by atoms with E-state index >= 15 is 0 Å². The minimum Gasteiger partial charge on any atom is -0.366 e. The highest BCUT2D eigenvalue weighted by Crippen LogP contribution is 2.24. The maximum absolute atomic E-state index is 13.6. The molecule has 1 unspecified atom stereocenters. The van der Waals surface area contributed by atoms with Gasteiger partial charge in [0.15, 0.2) is 5.82 Å². The number of aromatic nitrogens is 3. The molecule has 6 heteroatoms. The second-order valence-corrected chi connectivity index (χ2v) is 6.09. The van der Waals surface area contributed by atoms with E-state index in [1.165, 1.54) is 6.07 Å². The lowest BCUT2D eigenvalue weighted by molar-refractivity contribution is 0.596. The second-order valence-electron chi connectivity index (χ2n) is 5.24. The van der Waals surface area contributed by atoms with Crippen molar-refractivity contribution in [3.8, 4) is 0 Å². The Bertz CT molecular complexity index is 787. The van der Waals surface area contributed by atoms with Crippen LogP contribution in [0.3, 0.4) is 0 Å². The molecule has 0 saturated carbocycles. The number of nitrogens with zero attached hydrogens (tertiary/aromatic N) is 3. The predicted molar refractivity (Wildman–Crippen MR) is 88.5 cm³/mol. The third-order valence-electron chi connectivity index (χ3n) is 3.57. The summed E-state index contributed by atoms with van der Waals surface area (Å²) in [7, 11) is 0. The average Bonchev–Trinajstić information content (AvgIpc) is 2.89. The van der Waals surface area contributed by atoms with Crippen molar-refractivity contribution in [2.24, 2.45) is 0 Å². The summed E-state index contributed by atoms with van der Waals surface area (Å²) in [5.41, 5.74) is 1.65. The van der Waals surface area contributed by atoms with Crippen molar-refractivity contribution in [3.63, 3.8) is 0 Å². The van der Waals surface area contributed by atoms with E-state index in [0.29, 0.717) is 6.42 Å². The van der Waals surface area contributed by atoms with Gasteiger partial charge < -0.3 is 5.32 Å². The molecule has 0 radical (unpaired) electrons. The van der Waals surface area contributed by atoms with E-state index in [2.05, 4.69) is 38.3 Å². The molecule has 2 heterocycles. The van der Waals surface area contributed by atoms with Crippen LogP contribution >= 0.6 is 15.9 Å². The number of anilines is 1. The molecule has 22 heavy (non-hydrogen) atoms. The van der Waals surface area contributed by atoms with Crippen LogP contribution in [0, 0.1) is 5.82 Å². The van der Waals surface area contributed by atoms with Gasteiger partial charge in [0.05, 0.1) is 10.7 Å². The van der Waals surface area contributed by atoms with Crippen LogP contribution in [0.5, 0.6) is 0 Å². The SMILES string of the molecule is CC(CCc1ccccc1F)Nc1nccn2ncc(Br)c12. The highest BCUT2D eigenvalue weighted by Gasteiger charge is 2.11. The number of nitrogens with one attached hydrogen (secondary N) is 1. The van der Waals surface area contributed by atoms with E-state index in [4.69, 9.17) is 0 Å². The largest absolute Gasteiger partial charge is 0.366 e. The summed E-state index contributed by atoms with van der Waals surface area (Å²) in [4.78, 5) is 4.38. The molecule has 0 aliphatic heterocycles. The van der Waals surface area contributed by atoms with Crippen molar-refractivity contribution < 1.29 is 4.39 Å². The molecule has 0 spiro atoms. The first-order chi connectivity index (χ1) is 10.6. The van der Waals surface area contributed by atoms with E-state index < -0.39 is 0 Å². The van der Waals surface area contributed by atoms with Gasteiger partial charge in [-0.05, 0) is 47.3 Å². The first kappa shape index (κ1) is 15.0. The molecule has 0 aliphatic carbocycles. The van der Waals surface area contributed by atoms with Crippen molar-refractivity contribution >= 4 is 27.3 Å². The Morgan fingerprint density at radius 1 is 1.36 bits per heavy atom. The molecule has 3 aromatic rings. The molecule has 114 valence electrons. The molecule has 3 rings (SSSR count). The lowest BCUT2D eigenvalue weighted by Crippen LogP contribution is -2.17. The number of rotatable bonds is 5. The highest BCUT2D eigenvalue weighted by molar-refractivity contribution is 9.10. The third kappa shape index (κ3) is 3.11. The number of aryl methyl sites for hydroxylation is 1. The fourth-order valence-electron chi connectivity index (χ4n) is 2.39. The van der Waals surface area contributed by atoms with Gasteiger partial charge in [0.25, 0.3) is 0 Å². The van der Waals surface area contributed by atoms with Crippen LogP contribution in [0.4, 0.5) is 10.2 Å². The first-order valence-electron chi connectivity index (χ1n) is 7.13. The number of hydrogen-bond donors (Lipinski definition) is 1. The van der Waals surface area contributed by atoms with Crippen LogP contribution in [0.1, 0.15) is 18.9 Å². The van der Waals surface area contributed by atoms with Gasteiger partial charge in [0, 0.05) is 18.4 Å². The molecular formula is C16H16BrFN4. The van der Waals surface area contributed by atoms with E-state index in [9.17, 15) is 4.39 Å². The number of hydrogen-bond acceptors (Lipinski definition) is 3. The van der Waals surface area contributed by atoms with E-state index in [1.807, 2.05) is 12.1 Å². The monoisotopic (exact) mass is 362 g/mol. The predicted octanol–water partition coefficient (Wildman–Crippen LogP) is 4.06. The summed E-state index contributed by atoms with van der Waals surface area (Å²) in [6, 6.07) is 7.07. The Labute approximate surface area is 136 Å². The van der Waals surface area contributed by atoms with Gasteiger partial charge in [-0.3, -0.25) is 0 Å². The summed E-state index contributed by atoms with van der Waals surface area (Å²) in [5, 5.41) is 7.61. The molecule has 4 nitrogen and oxygen atoms in total. The van der Waals surface area contributed by atoms with Crippen LogP contribution in [0.25, 0.3) is 5.52 Å². The summed E-state index contributed by atoms with van der Waals surface area (Å²) in [5.74, 6) is 0.626. The lowest BCUT2D eigenvalue weighted by atomic mass is 10.1. The molecule has 0 aliphatic rings. The topological polar surface area (TPSA) is 42.2 Å². The van der Waals surface area contributed by atoms with Crippen molar-refractivity contribution in [1.82, 2.24) is 14.6 Å². The quantitative estimate of drug-likeness (QED) is 0.743. The zero-order chi connectivity index (χ0) is 15.5. The standard InChI is InChI=1S/C16H16BrFN4/c1-11(6-7-12-4-2-3-5-14(12)18)21-16-15-13(17)10-20-22(15)9-8-19-16/h2-5,8-11H,6-7H2,1H3,(H,19,21). The third-order valence-corrected chi connectivity index (χ3v) is 4.15. The normalized spacial score (nSPS) is 12.5. The van der Waals surface area contributed by atoms with Crippen LogP contribution in [0.2, 0.25) is 0 Å². The molecule has 0 saturated heterocycles. The second kappa shape index (κ2) is 6.44. The van der Waals surface area contributed by atoms with Crippen LogP contribution < -0.4 is 5.32 Å². The Kier molecular flexibility index (Phi) is 4.38. The molecule has 0 fully saturated rings. The molecule has 0 amide bonds. The van der Waals surface area contributed by atoms with Crippen molar-refractivity contribution in [3.05, 3.63) is 58.7 Å². The highest BCUT2D eigenvalue weighted by atomic mass is 79.9. The maximum atomic E-state index is 13.6. The van der Waals surface area contributed by atoms with Gasteiger partial charge >= 0.3 is 0 Å². The van der Waals surface area contributed by atoms with E-state index in [1.54, 1.807) is 29.2 Å². The Hall–Kier alpha value is -1.95. The lowest BCUT2D eigenvalue weighted by Gasteiger charge is -2.15. The number of fused-ring (bicyclic) bond motifs is 1. The molecule has 1 aromatic carbocycles. The zero-order valence-electron chi connectivity index (χ0n) is 12.1. The van der Waals surface area contributed by atoms with Crippen LogP contribution in [-0.4, -0.2) is 20.6 Å². The molecule has 1 N–H and O–H groups in total. The molecule has 2 aromatic heterocycles. The maximum Gasteiger partial charge on any atom is 0.153 e. The summed E-state index contributed by atoms with van der Waals surface area (Å²) in [6.45, 7) is 2.07. The van der Waals surface area contributed by atoms with Crippen LogP contribution in [0.15, 0.2) is 47.3 Å². The van der Waals surface area contributed by atoms with E-state index in [0.717, 1.165) is 27.8 Å². The van der Waals surface area contributed by atoms with Crippen molar-refractivity contribution in [2.75, 3.05) is 5.32 Å². The van der Waals surface area contributed by atoms with E-state index in [-0.39, 0.29) is 11.9 Å². The van der Waals surface area contributed by atoms with Gasteiger partial charge in [0.1, 0.15) is 11.3 Å². The van der Waals surface area contributed by atoms with Gasteiger partial charge in [-0.15, -0.1) is 0 Å². The Morgan fingerprint density at radius 2 is 2.18 bits per heavy atom. The fourth-order valence-corrected chi connectivity index (χ4v) is 2.85. The molecule has 1 atom stereocenters. The summed E-state index contributed by atoms with van der Waals surface area (Å²) < 4.78 is 16.3.